The largest absolute Gasteiger partial charge is 0.0955 e. The second-order valence-electron chi connectivity index (χ2n) is 3.05. The van der Waals surface area contributed by atoms with Gasteiger partial charge in [0, 0.05) is 0 Å². The zero-order valence-electron chi connectivity index (χ0n) is 13.4. The molecule has 0 atom stereocenters. The second-order valence-corrected chi connectivity index (χ2v) is 3.05. The molecule has 100 valence electrons. The normalized spacial score (nSPS) is 7.35. The molecule has 1 aromatic rings. The summed E-state index contributed by atoms with van der Waals surface area (Å²) in [6.07, 6.45) is 0. The smallest absolute Gasteiger partial charge is 0.0175 e. The van der Waals surface area contributed by atoms with Crippen molar-refractivity contribution in [1.29, 1.82) is 0 Å². The number of aryl methyl sites for hydroxylation is 2. The van der Waals surface area contributed by atoms with Crippen molar-refractivity contribution in [3.05, 3.63) is 41.5 Å². The van der Waals surface area contributed by atoms with Gasteiger partial charge in [-0.25, -0.2) is 0 Å². The molecular weight excluding hydrogens is 204 g/mol. The minimum Gasteiger partial charge on any atom is -0.0955 e. The van der Waals surface area contributed by atoms with Gasteiger partial charge in [-0.3, -0.25) is 0 Å². The number of hydrogen-bond donors (Lipinski definition) is 0. The van der Waals surface area contributed by atoms with E-state index in [1.165, 1.54) is 16.7 Å². The molecule has 0 nitrogen and oxygen atoms in total. The van der Waals surface area contributed by atoms with Crippen LogP contribution in [0.2, 0.25) is 0 Å². The standard InChI is InChI=1S/C11H14.3C2H6/c1-8(2)11-9(3)6-5-7-10(11)4;3*1-2/h5-7H,1H2,2-4H3;3*1-2H3. The predicted molar refractivity (Wildman–Crippen MR) is 84.7 cm³/mol. The number of rotatable bonds is 1. The van der Waals surface area contributed by atoms with E-state index in [1.54, 1.807) is 0 Å². The van der Waals surface area contributed by atoms with Crippen molar-refractivity contribution in [2.45, 2.75) is 62.3 Å². The van der Waals surface area contributed by atoms with Gasteiger partial charge in [0.15, 0.2) is 0 Å². The molecule has 0 heterocycles. The summed E-state index contributed by atoms with van der Waals surface area (Å²) in [5, 5.41) is 0. The Morgan fingerprint density at radius 3 is 1.29 bits per heavy atom. The molecule has 1 aromatic carbocycles. The fourth-order valence-corrected chi connectivity index (χ4v) is 1.49. The Kier molecular flexibility index (Phi) is 18.7. The zero-order valence-corrected chi connectivity index (χ0v) is 13.4. The first-order valence-electron chi connectivity index (χ1n) is 6.85. The van der Waals surface area contributed by atoms with Crippen molar-refractivity contribution in [2.24, 2.45) is 0 Å². The number of allylic oxidation sites excluding steroid dienone is 1. The van der Waals surface area contributed by atoms with Crippen molar-refractivity contribution < 1.29 is 0 Å². The quantitative estimate of drug-likeness (QED) is 0.528. The van der Waals surface area contributed by atoms with Gasteiger partial charge in [-0.05, 0) is 37.5 Å². The van der Waals surface area contributed by atoms with Gasteiger partial charge >= 0.3 is 0 Å². The highest BCUT2D eigenvalue weighted by molar-refractivity contribution is 5.67. The molecule has 0 N–H and O–H groups in total. The highest BCUT2D eigenvalue weighted by atomic mass is 14.1. The second kappa shape index (κ2) is 15.0. The van der Waals surface area contributed by atoms with Crippen LogP contribution in [0.15, 0.2) is 24.8 Å². The highest BCUT2D eigenvalue weighted by Crippen LogP contribution is 2.20. The minimum atomic E-state index is 1.15. The fourth-order valence-electron chi connectivity index (χ4n) is 1.49. The molecule has 0 aliphatic rings. The van der Waals surface area contributed by atoms with E-state index in [4.69, 9.17) is 0 Å². The highest BCUT2D eigenvalue weighted by Gasteiger charge is 2.00. The van der Waals surface area contributed by atoms with E-state index in [0.717, 1.165) is 5.57 Å². The average molecular weight is 236 g/mol. The van der Waals surface area contributed by atoms with Gasteiger partial charge in [0.05, 0.1) is 0 Å². The van der Waals surface area contributed by atoms with Crippen molar-refractivity contribution >= 4 is 5.57 Å². The summed E-state index contributed by atoms with van der Waals surface area (Å²) in [6.45, 7) is 22.2. The topological polar surface area (TPSA) is 0 Å². The Morgan fingerprint density at radius 2 is 1.12 bits per heavy atom. The molecule has 17 heavy (non-hydrogen) atoms. The van der Waals surface area contributed by atoms with E-state index >= 15 is 0 Å². The monoisotopic (exact) mass is 236 g/mol. The lowest BCUT2D eigenvalue weighted by Gasteiger charge is -2.07. The van der Waals surface area contributed by atoms with Gasteiger partial charge in [0.1, 0.15) is 0 Å². The first-order valence-corrected chi connectivity index (χ1v) is 6.85. The molecule has 1 rings (SSSR count). The summed E-state index contributed by atoms with van der Waals surface area (Å²) in [5.41, 5.74) is 5.10. The zero-order chi connectivity index (χ0) is 14.4. The third kappa shape index (κ3) is 8.74. The summed E-state index contributed by atoms with van der Waals surface area (Å²) in [6, 6.07) is 6.32. The molecule has 0 aliphatic heterocycles. The van der Waals surface area contributed by atoms with Crippen LogP contribution in [-0.2, 0) is 0 Å². The van der Waals surface area contributed by atoms with E-state index in [9.17, 15) is 0 Å². The van der Waals surface area contributed by atoms with Gasteiger partial charge in [0.25, 0.3) is 0 Å². The SMILES string of the molecule is C=C(C)c1c(C)cccc1C.CC.CC.CC. The Balaban J connectivity index is -0.000000285. The Hall–Kier alpha value is -1.04. The lowest BCUT2D eigenvalue weighted by Crippen LogP contribution is -1.88. The van der Waals surface area contributed by atoms with Gasteiger partial charge in [0.2, 0.25) is 0 Å². The van der Waals surface area contributed by atoms with Crippen LogP contribution >= 0.6 is 0 Å². The van der Waals surface area contributed by atoms with Crippen LogP contribution in [0.4, 0.5) is 0 Å². The van der Waals surface area contributed by atoms with E-state index in [0.29, 0.717) is 0 Å². The molecule has 0 radical (unpaired) electrons. The van der Waals surface area contributed by atoms with E-state index in [1.807, 2.05) is 41.5 Å². The van der Waals surface area contributed by atoms with Crippen molar-refractivity contribution in [1.82, 2.24) is 0 Å². The maximum Gasteiger partial charge on any atom is -0.0175 e. The van der Waals surface area contributed by atoms with Crippen molar-refractivity contribution in [3.63, 3.8) is 0 Å². The molecule has 0 aliphatic carbocycles. The van der Waals surface area contributed by atoms with Crippen molar-refractivity contribution in [2.75, 3.05) is 0 Å². The maximum atomic E-state index is 3.95. The minimum absolute atomic E-state index is 1.15. The van der Waals surface area contributed by atoms with Crippen LogP contribution in [0.1, 0.15) is 65.2 Å². The van der Waals surface area contributed by atoms with Gasteiger partial charge in [-0.2, -0.15) is 0 Å². The molecule has 0 bridgehead atoms. The van der Waals surface area contributed by atoms with Crippen LogP contribution in [0, 0.1) is 13.8 Å². The van der Waals surface area contributed by atoms with Crippen LogP contribution in [-0.4, -0.2) is 0 Å². The Morgan fingerprint density at radius 1 is 0.824 bits per heavy atom. The van der Waals surface area contributed by atoms with Crippen molar-refractivity contribution in [3.8, 4) is 0 Å². The maximum absolute atomic E-state index is 3.95. The first kappa shape index (κ1) is 21.3. The molecule has 0 aromatic heterocycles. The number of benzene rings is 1. The lowest BCUT2D eigenvalue weighted by molar-refractivity contribution is 1.33. The molecule has 0 amide bonds. The van der Waals surface area contributed by atoms with Gasteiger partial charge < -0.3 is 0 Å². The molecular formula is C17H32. The molecule has 0 heteroatoms. The summed E-state index contributed by atoms with van der Waals surface area (Å²) in [7, 11) is 0. The molecule has 0 spiro atoms. The first-order chi connectivity index (χ1) is 8.13. The van der Waals surface area contributed by atoms with Crippen LogP contribution in [0.3, 0.4) is 0 Å². The van der Waals surface area contributed by atoms with Crippen LogP contribution in [0.25, 0.3) is 5.57 Å². The summed E-state index contributed by atoms with van der Waals surface area (Å²) in [5.74, 6) is 0. The average Bonchev–Trinajstić information content (AvgIpc) is 2.36. The summed E-state index contributed by atoms with van der Waals surface area (Å²) >= 11 is 0. The number of hydrogen-bond acceptors (Lipinski definition) is 0. The van der Waals surface area contributed by atoms with Gasteiger partial charge in [-0.15, -0.1) is 0 Å². The molecule has 0 fully saturated rings. The van der Waals surface area contributed by atoms with E-state index < -0.39 is 0 Å². The fraction of sp³-hybridized carbons (Fsp3) is 0.529. The predicted octanol–water partition coefficient (Wildman–Crippen LogP) is 6.42. The lowest BCUT2D eigenvalue weighted by atomic mass is 9.98. The summed E-state index contributed by atoms with van der Waals surface area (Å²) in [4.78, 5) is 0. The van der Waals surface area contributed by atoms with Crippen LogP contribution < -0.4 is 0 Å². The third-order valence-corrected chi connectivity index (χ3v) is 1.91. The molecule has 0 saturated heterocycles. The van der Waals surface area contributed by atoms with Gasteiger partial charge in [-0.1, -0.05) is 71.9 Å². The molecule has 0 unspecified atom stereocenters. The van der Waals surface area contributed by atoms with E-state index in [2.05, 4.69) is 45.5 Å². The Bertz CT molecular complexity index is 262. The van der Waals surface area contributed by atoms with E-state index in [-0.39, 0.29) is 0 Å². The summed E-state index contributed by atoms with van der Waals surface area (Å²) < 4.78 is 0. The molecule has 0 saturated carbocycles. The third-order valence-electron chi connectivity index (χ3n) is 1.91. The van der Waals surface area contributed by atoms with Crippen LogP contribution in [0.5, 0.6) is 0 Å². The Labute approximate surface area is 110 Å².